The number of aromatic nitrogens is 2. The number of para-hydroxylation sites is 1. The van der Waals surface area contributed by atoms with Crippen LogP contribution in [0, 0.1) is 0 Å². The van der Waals surface area contributed by atoms with Gasteiger partial charge in [-0.3, -0.25) is 0 Å². The van der Waals surface area contributed by atoms with E-state index in [0.29, 0.717) is 24.6 Å². The molecular formula is C13H17N3O2. The second-order valence-corrected chi connectivity index (χ2v) is 4.23. The lowest BCUT2D eigenvalue weighted by Crippen LogP contribution is -2.09. The molecule has 2 N–H and O–H groups in total. The van der Waals surface area contributed by atoms with E-state index in [1.165, 1.54) is 0 Å². The second kappa shape index (κ2) is 5.64. The fraction of sp³-hybridized carbons (Fsp3) is 0.385. The third kappa shape index (κ3) is 3.07. The van der Waals surface area contributed by atoms with Gasteiger partial charge in [0.1, 0.15) is 0 Å². The van der Waals surface area contributed by atoms with E-state index in [2.05, 4.69) is 10.1 Å². The van der Waals surface area contributed by atoms with Crippen LogP contribution in [-0.4, -0.2) is 23.4 Å². The van der Waals surface area contributed by atoms with Gasteiger partial charge in [0.2, 0.25) is 5.89 Å². The molecule has 0 amide bonds. The Kier molecular flexibility index (Phi) is 3.94. The van der Waals surface area contributed by atoms with Crippen LogP contribution < -0.4 is 5.73 Å². The molecule has 96 valence electrons. The number of nitrogen functional groups attached to an aromatic ring is 1. The molecule has 0 aliphatic rings. The Morgan fingerprint density at radius 1 is 1.39 bits per heavy atom. The molecule has 0 saturated heterocycles. The molecule has 0 saturated carbocycles. The van der Waals surface area contributed by atoms with E-state index in [1.807, 2.05) is 31.2 Å². The Morgan fingerprint density at radius 2 is 2.17 bits per heavy atom. The van der Waals surface area contributed by atoms with E-state index in [-0.39, 0.29) is 6.10 Å². The molecule has 1 aromatic carbocycles. The third-order valence-corrected chi connectivity index (χ3v) is 2.78. The van der Waals surface area contributed by atoms with Crippen LogP contribution in [0.25, 0.3) is 0 Å². The van der Waals surface area contributed by atoms with E-state index in [1.54, 1.807) is 7.11 Å². The predicted molar refractivity (Wildman–Crippen MR) is 68.1 cm³/mol. The fourth-order valence-corrected chi connectivity index (χ4v) is 1.64. The van der Waals surface area contributed by atoms with Crippen molar-refractivity contribution in [1.29, 1.82) is 0 Å². The van der Waals surface area contributed by atoms with E-state index in [0.717, 1.165) is 11.3 Å². The molecule has 1 unspecified atom stereocenters. The average molecular weight is 247 g/mol. The molecule has 0 fully saturated rings. The van der Waals surface area contributed by atoms with E-state index in [4.69, 9.17) is 15.0 Å². The minimum atomic E-state index is 0.0808. The number of benzene rings is 1. The van der Waals surface area contributed by atoms with Crippen molar-refractivity contribution in [2.24, 2.45) is 0 Å². The summed E-state index contributed by atoms with van der Waals surface area (Å²) >= 11 is 0. The van der Waals surface area contributed by atoms with Gasteiger partial charge in [0.05, 0.1) is 12.5 Å². The molecule has 1 atom stereocenters. The van der Waals surface area contributed by atoms with Crippen LogP contribution in [0.5, 0.6) is 0 Å². The number of methoxy groups -OCH3 is 1. The van der Waals surface area contributed by atoms with Crippen molar-refractivity contribution >= 4 is 5.69 Å². The van der Waals surface area contributed by atoms with Gasteiger partial charge in [-0.25, -0.2) is 0 Å². The number of rotatable bonds is 5. The molecule has 0 aliphatic carbocycles. The van der Waals surface area contributed by atoms with E-state index >= 15 is 0 Å². The van der Waals surface area contributed by atoms with Gasteiger partial charge in [0.25, 0.3) is 0 Å². The van der Waals surface area contributed by atoms with Crippen LogP contribution in [-0.2, 0) is 17.6 Å². The number of ether oxygens (including phenoxy) is 1. The highest BCUT2D eigenvalue weighted by Crippen LogP contribution is 2.15. The second-order valence-electron chi connectivity index (χ2n) is 4.23. The lowest BCUT2D eigenvalue weighted by molar-refractivity contribution is 0.116. The monoisotopic (exact) mass is 247 g/mol. The van der Waals surface area contributed by atoms with E-state index < -0.39 is 0 Å². The van der Waals surface area contributed by atoms with Crippen molar-refractivity contribution in [1.82, 2.24) is 10.1 Å². The van der Waals surface area contributed by atoms with Crippen LogP contribution in [0.3, 0.4) is 0 Å². The highest BCUT2D eigenvalue weighted by molar-refractivity contribution is 5.47. The van der Waals surface area contributed by atoms with Crippen molar-refractivity contribution < 1.29 is 9.26 Å². The SMILES string of the molecule is COC(C)Cc1noc(Cc2ccccc2N)n1. The van der Waals surface area contributed by atoms with Gasteiger partial charge < -0.3 is 15.0 Å². The number of nitrogens with two attached hydrogens (primary N) is 1. The summed E-state index contributed by atoms with van der Waals surface area (Å²) in [4.78, 5) is 4.32. The predicted octanol–water partition coefficient (Wildman–Crippen LogP) is 1.82. The van der Waals surface area contributed by atoms with Crippen molar-refractivity contribution in [3.05, 3.63) is 41.5 Å². The maximum atomic E-state index is 5.87. The van der Waals surface area contributed by atoms with Crippen LogP contribution >= 0.6 is 0 Å². The van der Waals surface area contributed by atoms with Gasteiger partial charge in [-0.15, -0.1) is 0 Å². The number of hydrogen-bond acceptors (Lipinski definition) is 5. The first-order valence-electron chi connectivity index (χ1n) is 5.86. The van der Waals surface area contributed by atoms with Gasteiger partial charge in [-0.2, -0.15) is 4.98 Å². The highest BCUT2D eigenvalue weighted by Gasteiger charge is 2.11. The summed E-state index contributed by atoms with van der Waals surface area (Å²) in [6.45, 7) is 1.96. The fourth-order valence-electron chi connectivity index (χ4n) is 1.64. The van der Waals surface area contributed by atoms with Crippen molar-refractivity contribution in [3.8, 4) is 0 Å². The summed E-state index contributed by atoms with van der Waals surface area (Å²) in [7, 11) is 1.66. The Hall–Kier alpha value is -1.88. The first kappa shape index (κ1) is 12.6. The summed E-state index contributed by atoms with van der Waals surface area (Å²) in [5.74, 6) is 1.24. The summed E-state index contributed by atoms with van der Waals surface area (Å²) in [6.07, 6.45) is 1.28. The Morgan fingerprint density at radius 3 is 2.89 bits per heavy atom. The maximum Gasteiger partial charge on any atom is 0.231 e. The molecule has 1 aromatic heterocycles. The smallest absolute Gasteiger partial charge is 0.231 e. The van der Waals surface area contributed by atoms with Crippen LogP contribution in [0.4, 0.5) is 5.69 Å². The molecule has 0 radical (unpaired) electrons. The van der Waals surface area contributed by atoms with Gasteiger partial charge in [0.15, 0.2) is 5.82 Å². The minimum Gasteiger partial charge on any atom is -0.398 e. The van der Waals surface area contributed by atoms with Gasteiger partial charge in [0, 0.05) is 19.2 Å². The summed E-state index contributed by atoms with van der Waals surface area (Å²) in [5, 5.41) is 3.92. The zero-order valence-corrected chi connectivity index (χ0v) is 10.6. The highest BCUT2D eigenvalue weighted by atomic mass is 16.5. The number of anilines is 1. The third-order valence-electron chi connectivity index (χ3n) is 2.78. The molecule has 0 spiro atoms. The maximum absolute atomic E-state index is 5.87. The van der Waals surface area contributed by atoms with Crippen LogP contribution in [0.15, 0.2) is 28.8 Å². The van der Waals surface area contributed by atoms with Gasteiger partial charge in [-0.05, 0) is 18.6 Å². The minimum absolute atomic E-state index is 0.0808. The summed E-state index contributed by atoms with van der Waals surface area (Å²) in [5.41, 5.74) is 7.60. The van der Waals surface area contributed by atoms with E-state index in [9.17, 15) is 0 Å². The molecule has 0 aliphatic heterocycles. The van der Waals surface area contributed by atoms with Crippen LogP contribution in [0.2, 0.25) is 0 Å². The summed E-state index contributed by atoms with van der Waals surface area (Å²) < 4.78 is 10.4. The zero-order valence-electron chi connectivity index (χ0n) is 10.6. The molecule has 2 rings (SSSR count). The Bertz CT molecular complexity index is 510. The van der Waals surface area contributed by atoms with Crippen molar-refractivity contribution in [2.45, 2.75) is 25.9 Å². The molecular weight excluding hydrogens is 230 g/mol. The molecule has 5 heteroatoms. The first-order valence-corrected chi connectivity index (χ1v) is 5.86. The summed E-state index contributed by atoms with van der Waals surface area (Å²) in [6, 6.07) is 7.66. The van der Waals surface area contributed by atoms with Gasteiger partial charge in [-0.1, -0.05) is 23.4 Å². The molecule has 18 heavy (non-hydrogen) atoms. The quantitative estimate of drug-likeness (QED) is 0.816. The average Bonchev–Trinajstić information content (AvgIpc) is 2.79. The Balaban J connectivity index is 2.05. The first-order chi connectivity index (χ1) is 8.69. The zero-order chi connectivity index (χ0) is 13.0. The van der Waals surface area contributed by atoms with Crippen molar-refractivity contribution in [2.75, 3.05) is 12.8 Å². The lowest BCUT2D eigenvalue weighted by Gasteiger charge is -2.04. The van der Waals surface area contributed by atoms with Gasteiger partial charge >= 0.3 is 0 Å². The number of hydrogen-bond donors (Lipinski definition) is 1. The molecule has 0 bridgehead atoms. The van der Waals surface area contributed by atoms with Crippen LogP contribution in [0.1, 0.15) is 24.2 Å². The van der Waals surface area contributed by atoms with Crippen molar-refractivity contribution in [3.63, 3.8) is 0 Å². The largest absolute Gasteiger partial charge is 0.398 e. The topological polar surface area (TPSA) is 74.2 Å². The normalized spacial score (nSPS) is 12.6. The number of nitrogens with zero attached hydrogens (tertiary/aromatic N) is 2. The molecule has 1 heterocycles. The molecule has 2 aromatic rings. The Labute approximate surface area is 106 Å². The lowest BCUT2D eigenvalue weighted by atomic mass is 10.1. The standard InChI is InChI=1S/C13H17N3O2/c1-9(17-2)7-12-15-13(18-16-12)8-10-5-3-4-6-11(10)14/h3-6,9H,7-8,14H2,1-2H3. The molecule has 5 nitrogen and oxygen atoms in total.